The molecule has 7 nitrogen and oxygen atoms in total. The van der Waals surface area contributed by atoms with Crippen LogP contribution in [0.1, 0.15) is 6.92 Å². The van der Waals surface area contributed by atoms with Gasteiger partial charge in [-0.1, -0.05) is 41.4 Å². The molecule has 2 aromatic rings. The van der Waals surface area contributed by atoms with Gasteiger partial charge in [-0.2, -0.15) is 0 Å². The summed E-state index contributed by atoms with van der Waals surface area (Å²) in [6.07, 6.45) is -0.874. The SMILES string of the molecule is COc1ccccc1O[C@H](C)C(=O)NNC(=O)Nc1cccc(Cl)c1Cl. The summed E-state index contributed by atoms with van der Waals surface area (Å²) in [5, 5.41) is 2.97. The third-order valence-corrected chi connectivity index (χ3v) is 4.06. The van der Waals surface area contributed by atoms with Gasteiger partial charge in [0.1, 0.15) is 0 Å². The molecule has 26 heavy (non-hydrogen) atoms. The smallest absolute Gasteiger partial charge is 0.337 e. The molecule has 0 spiro atoms. The summed E-state index contributed by atoms with van der Waals surface area (Å²) >= 11 is 11.8. The van der Waals surface area contributed by atoms with E-state index in [0.717, 1.165) is 0 Å². The first kappa shape index (κ1) is 19.7. The Kier molecular flexibility index (Phi) is 6.94. The van der Waals surface area contributed by atoms with Crippen LogP contribution in [-0.2, 0) is 4.79 Å². The number of methoxy groups -OCH3 is 1. The highest BCUT2D eigenvalue weighted by Gasteiger charge is 2.17. The summed E-state index contributed by atoms with van der Waals surface area (Å²) in [7, 11) is 1.50. The molecule has 0 aliphatic rings. The first-order valence-corrected chi connectivity index (χ1v) is 8.28. The molecule has 0 saturated carbocycles. The number of benzene rings is 2. The van der Waals surface area contributed by atoms with Crippen molar-refractivity contribution in [1.29, 1.82) is 0 Å². The Balaban J connectivity index is 1.87. The van der Waals surface area contributed by atoms with Crippen LogP contribution in [-0.4, -0.2) is 25.2 Å². The van der Waals surface area contributed by atoms with Crippen LogP contribution in [0.25, 0.3) is 0 Å². The van der Waals surface area contributed by atoms with Gasteiger partial charge in [0.15, 0.2) is 17.6 Å². The molecule has 0 heterocycles. The molecule has 138 valence electrons. The Morgan fingerprint density at radius 3 is 2.38 bits per heavy atom. The third kappa shape index (κ3) is 5.18. The van der Waals surface area contributed by atoms with E-state index in [1.54, 1.807) is 42.5 Å². The lowest BCUT2D eigenvalue weighted by molar-refractivity contribution is -0.128. The number of ether oxygens (including phenoxy) is 2. The van der Waals surface area contributed by atoms with E-state index < -0.39 is 18.0 Å². The Morgan fingerprint density at radius 2 is 1.69 bits per heavy atom. The van der Waals surface area contributed by atoms with E-state index in [9.17, 15) is 9.59 Å². The Hall–Kier alpha value is -2.64. The molecule has 3 N–H and O–H groups in total. The Labute approximate surface area is 160 Å². The van der Waals surface area contributed by atoms with E-state index in [1.807, 2.05) is 0 Å². The predicted octanol–water partition coefficient (Wildman–Crippen LogP) is 3.62. The van der Waals surface area contributed by atoms with Gasteiger partial charge in [-0.25, -0.2) is 10.2 Å². The average molecular weight is 398 g/mol. The van der Waals surface area contributed by atoms with Gasteiger partial charge in [0.05, 0.1) is 22.8 Å². The highest BCUT2D eigenvalue weighted by Crippen LogP contribution is 2.29. The standard InChI is InChI=1S/C17H17Cl2N3O4/c1-10(26-14-9-4-3-8-13(14)25-2)16(23)21-22-17(24)20-12-7-5-6-11(18)15(12)19/h3-10H,1-2H3,(H,21,23)(H2,20,22,24)/t10-/m1/s1. The number of hydrogen-bond acceptors (Lipinski definition) is 4. The van der Waals surface area contributed by atoms with Crippen molar-refractivity contribution < 1.29 is 19.1 Å². The number of hydrazine groups is 1. The van der Waals surface area contributed by atoms with Crippen LogP contribution in [0, 0.1) is 0 Å². The molecular weight excluding hydrogens is 381 g/mol. The van der Waals surface area contributed by atoms with E-state index in [4.69, 9.17) is 32.7 Å². The van der Waals surface area contributed by atoms with Crippen LogP contribution in [0.3, 0.4) is 0 Å². The fourth-order valence-corrected chi connectivity index (χ4v) is 2.28. The van der Waals surface area contributed by atoms with Crippen LogP contribution < -0.4 is 25.6 Å². The van der Waals surface area contributed by atoms with Crippen molar-refractivity contribution in [1.82, 2.24) is 10.9 Å². The summed E-state index contributed by atoms with van der Waals surface area (Å²) in [5.74, 6) is 0.351. The van der Waals surface area contributed by atoms with Gasteiger partial charge in [-0.3, -0.25) is 10.2 Å². The molecule has 0 bridgehead atoms. The minimum absolute atomic E-state index is 0.198. The van der Waals surface area contributed by atoms with Gasteiger partial charge in [-0.05, 0) is 31.2 Å². The lowest BCUT2D eigenvalue weighted by atomic mass is 10.3. The molecule has 9 heteroatoms. The van der Waals surface area contributed by atoms with Crippen LogP contribution >= 0.6 is 23.2 Å². The van der Waals surface area contributed by atoms with Crippen molar-refractivity contribution in [3.8, 4) is 11.5 Å². The first-order chi connectivity index (χ1) is 12.4. The minimum Gasteiger partial charge on any atom is -0.493 e. The fourth-order valence-electron chi connectivity index (χ4n) is 1.93. The second kappa shape index (κ2) is 9.17. The first-order valence-electron chi connectivity index (χ1n) is 7.53. The van der Waals surface area contributed by atoms with Gasteiger partial charge in [0, 0.05) is 0 Å². The lowest BCUT2D eigenvalue weighted by Crippen LogP contribution is -2.48. The number of amides is 3. The maximum atomic E-state index is 12.1. The number of hydrogen-bond donors (Lipinski definition) is 3. The molecule has 0 fully saturated rings. The highest BCUT2D eigenvalue weighted by molar-refractivity contribution is 6.43. The largest absolute Gasteiger partial charge is 0.493 e. The van der Waals surface area contributed by atoms with Gasteiger partial charge < -0.3 is 14.8 Å². The Morgan fingerprint density at radius 1 is 1.00 bits per heavy atom. The summed E-state index contributed by atoms with van der Waals surface area (Å²) in [6, 6.07) is 11.0. The van der Waals surface area contributed by atoms with E-state index >= 15 is 0 Å². The van der Waals surface area contributed by atoms with Gasteiger partial charge in [-0.15, -0.1) is 0 Å². The molecule has 3 amide bonds. The van der Waals surface area contributed by atoms with E-state index in [2.05, 4.69) is 16.2 Å². The maximum Gasteiger partial charge on any atom is 0.337 e. The summed E-state index contributed by atoms with van der Waals surface area (Å²) < 4.78 is 10.7. The second-order valence-electron chi connectivity index (χ2n) is 5.08. The zero-order valence-corrected chi connectivity index (χ0v) is 15.5. The van der Waals surface area contributed by atoms with Crippen LogP contribution in [0.4, 0.5) is 10.5 Å². The monoisotopic (exact) mass is 397 g/mol. The molecule has 0 aromatic heterocycles. The maximum absolute atomic E-state index is 12.1. The van der Waals surface area contributed by atoms with E-state index in [1.165, 1.54) is 14.0 Å². The Bertz CT molecular complexity index is 801. The van der Waals surface area contributed by atoms with Crippen molar-refractivity contribution in [3.05, 3.63) is 52.5 Å². The van der Waals surface area contributed by atoms with Gasteiger partial charge in [0.2, 0.25) is 0 Å². The van der Waals surface area contributed by atoms with Gasteiger partial charge >= 0.3 is 6.03 Å². The van der Waals surface area contributed by atoms with Gasteiger partial charge in [0.25, 0.3) is 5.91 Å². The zero-order chi connectivity index (χ0) is 19.1. The van der Waals surface area contributed by atoms with E-state index in [-0.39, 0.29) is 5.02 Å². The molecule has 0 radical (unpaired) electrons. The number of carbonyl (C=O) groups is 2. The van der Waals surface area contributed by atoms with Crippen molar-refractivity contribution in [2.45, 2.75) is 13.0 Å². The highest BCUT2D eigenvalue weighted by atomic mass is 35.5. The topological polar surface area (TPSA) is 88.7 Å². The quantitative estimate of drug-likeness (QED) is 0.672. The number of halogens is 2. The summed E-state index contributed by atoms with van der Waals surface area (Å²) in [4.78, 5) is 23.9. The second-order valence-corrected chi connectivity index (χ2v) is 5.87. The molecule has 2 aromatic carbocycles. The van der Waals surface area contributed by atoms with Crippen molar-refractivity contribution in [3.63, 3.8) is 0 Å². The van der Waals surface area contributed by atoms with Crippen molar-refractivity contribution in [2.75, 3.05) is 12.4 Å². The number of para-hydroxylation sites is 2. The number of anilines is 1. The molecule has 0 saturated heterocycles. The summed E-state index contributed by atoms with van der Waals surface area (Å²) in [5.41, 5.74) is 4.77. The lowest BCUT2D eigenvalue weighted by Gasteiger charge is -2.17. The van der Waals surface area contributed by atoms with Crippen LogP contribution in [0.15, 0.2) is 42.5 Å². The van der Waals surface area contributed by atoms with Crippen LogP contribution in [0.5, 0.6) is 11.5 Å². The van der Waals surface area contributed by atoms with E-state index in [0.29, 0.717) is 22.2 Å². The average Bonchev–Trinajstić information content (AvgIpc) is 2.64. The molecule has 0 unspecified atom stereocenters. The summed E-state index contributed by atoms with van der Waals surface area (Å²) in [6.45, 7) is 1.54. The zero-order valence-electron chi connectivity index (χ0n) is 14.0. The number of urea groups is 1. The number of rotatable bonds is 5. The van der Waals surface area contributed by atoms with Crippen molar-refractivity contribution in [2.24, 2.45) is 0 Å². The number of carbonyl (C=O) groups excluding carboxylic acids is 2. The molecular formula is C17H17Cl2N3O4. The molecule has 2 rings (SSSR count). The minimum atomic E-state index is -0.874. The third-order valence-electron chi connectivity index (χ3n) is 3.24. The molecule has 0 aliphatic heterocycles. The molecule has 1 atom stereocenters. The van der Waals surface area contributed by atoms with Crippen LogP contribution in [0.2, 0.25) is 10.0 Å². The normalized spacial score (nSPS) is 11.2. The molecule has 0 aliphatic carbocycles. The van der Waals surface area contributed by atoms with Crippen molar-refractivity contribution >= 4 is 40.8 Å². The number of nitrogens with one attached hydrogen (secondary N) is 3. The fraction of sp³-hybridized carbons (Fsp3) is 0.176. The predicted molar refractivity (Wildman–Crippen MR) is 99.8 cm³/mol.